The van der Waals surface area contributed by atoms with Crippen LogP contribution in [0, 0.1) is 47.4 Å². The number of thiophene rings is 8. The van der Waals surface area contributed by atoms with Crippen molar-refractivity contribution in [2.45, 2.75) is 264 Å². The van der Waals surface area contributed by atoms with Crippen LogP contribution in [0.3, 0.4) is 0 Å². The molecule has 16 heteroatoms. The van der Waals surface area contributed by atoms with Crippen molar-refractivity contribution in [3.05, 3.63) is 284 Å². The molecule has 2 aliphatic carbocycles. The van der Waals surface area contributed by atoms with Gasteiger partial charge in [-0.05, 0) is 209 Å². The van der Waals surface area contributed by atoms with E-state index in [4.69, 9.17) is 17.9 Å². The van der Waals surface area contributed by atoms with Crippen molar-refractivity contribution in [3.8, 4) is 52.5 Å². The Hall–Kier alpha value is -9.01. The van der Waals surface area contributed by atoms with Gasteiger partial charge in [-0.2, -0.15) is 20.2 Å². The van der Waals surface area contributed by atoms with Crippen molar-refractivity contribution in [2.24, 2.45) is 0 Å². The third-order valence-electron chi connectivity index (χ3n) is 25.5. The summed E-state index contributed by atoms with van der Waals surface area (Å²) in [6, 6.07) is 60.2. The number of ether oxygens (including phenoxy) is 1. The average Bonchev–Trinajstić information content (AvgIpc) is 1.50. The highest BCUT2D eigenvalue weighted by molar-refractivity contribution is 7.31. The number of benzene rings is 5. The quantitative estimate of drug-likeness (QED) is 0.0217. The topological polar surface area (TPSA) is 82.6 Å². The number of unbranched alkanes of at least 4 members (excludes halogenated alkanes) is 22. The van der Waals surface area contributed by atoms with Gasteiger partial charge < -0.3 is 4.74 Å². The smallest absolute Gasteiger partial charge is 0.461 e. The first-order valence-corrected chi connectivity index (χ1v) is 52.5. The van der Waals surface area contributed by atoms with Gasteiger partial charge in [0.1, 0.15) is 46.1 Å². The van der Waals surface area contributed by atoms with Crippen LogP contribution in [0.15, 0.2) is 146 Å². The van der Waals surface area contributed by atoms with Crippen LogP contribution >= 0.6 is 90.7 Å². The minimum atomic E-state index is -0.921. The Balaban J connectivity index is 1.01. The number of fused-ring (bicyclic) bond motifs is 8. The van der Waals surface area contributed by atoms with Gasteiger partial charge >= 0.3 is 11.8 Å². The van der Waals surface area contributed by atoms with Crippen LogP contribution in [0.1, 0.15) is 312 Å². The Morgan fingerprint density at radius 2 is 0.752 bits per heavy atom. The van der Waals surface area contributed by atoms with Crippen molar-refractivity contribution in [1.82, 2.24) is 0 Å². The molecule has 0 fully saturated rings. The zero-order valence-corrected chi connectivity index (χ0v) is 79.7. The minimum absolute atomic E-state index is 0.0120. The normalized spacial score (nSPS) is 13.2. The zero-order valence-electron chi connectivity index (χ0n) is 73.2. The summed E-state index contributed by atoms with van der Waals surface area (Å²) < 4.78 is 46.6. The van der Waals surface area contributed by atoms with Crippen LogP contribution < -0.4 is 18.1 Å². The van der Waals surface area contributed by atoms with E-state index in [1.807, 2.05) is 35.6 Å². The van der Waals surface area contributed by atoms with Crippen LogP contribution in [0.25, 0.3) is 93.8 Å². The molecule has 642 valence electrons. The second kappa shape index (κ2) is 42.7. The number of carbonyl (C=O) groups is 1. The van der Waals surface area contributed by atoms with Crippen molar-refractivity contribution in [3.63, 3.8) is 0 Å². The predicted molar refractivity (Wildman–Crippen MR) is 532 cm³/mol. The van der Waals surface area contributed by atoms with Crippen LogP contribution in [0.2, 0.25) is 0 Å². The maximum atomic E-state index is 18.1. The summed E-state index contributed by atoms with van der Waals surface area (Å²) in [4.78, 5) is 30.2. The molecule has 0 atom stereocenters. The highest BCUT2D eigenvalue weighted by Crippen LogP contribution is 2.67. The van der Waals surface area contributed by atoms with Gasteiger partial charge in [-0.25, -0.2) is 13.6 Å². The molecule has 0 bridgehead atoms. The lowest BCUT2D eigenvalue weighted by molar-refractivity contribution is 0.0498. The molecule has 0 spiro atoms. The average molecular weight is 1800 g/mol. The lowest BCUT2D eigenvalue weighted by atomic mass is 9.65. The molecular weight excluding hydrogens is 1690 g/mol. The largest absolute Gasteiger partial charge is 0.536 e. The van der Waals surface area contributed by atoms with E-state index in [0.29, 0.717) is 42.3 Å². The third-order valence-corrected chi connectivity index (χ3v) is 35.2. The Bertz CT molecular complexity index is 6280. The molecule has 15 rings (SSSR count). The molecule has 5 aromatic carbocycles. The van der Waals surface area contributed by atoms with Gasteiger partial charge in [-0.3, -0.25) is 0 Å². The van der Waals surface area contributed by atoms with Gasteiger partial charge in [0.2, 0.25) is 0 Å². The number of hydrogen-bond acceptors (Lipinski definition) is 12. The highest BCUT2D eigenvalue weighted by Gasteiger charge is 2.54. The molecule has 0 aliphatic heterocycles. The van der Waals surface area contributed by atoms with Crippen molar-refractivity contribution < 1.29 is 18.3 Å². The number of rotatable bonds is 43. The Morgan fingerprint density at radius 3 is 1.16 bits per heavy atom. The van der Waals surface area contributed by atoms with Gasteiger partial charge in [0.25, 0.3) is 0 Å². The van der Waals surface area contributed by atoms with Gasteiger partial charge in [-0.1, -0.05) is 280 Å². The number of nitriles is 2. The van der Waals surface area contributed by atoms with Crippen molar-refractivity contribution >= 4 is 140 Å². The second-order valence-corrected chi connectivity index (χ2v) is 42.6. The molecule has 125 heavy (non-hydrogen) atoms. The molecule has 13 aromatic rings. The first-order chi connectivity index (χ1) is 61.3. The summed E-state index contributed by atoms with van der Waals surface area (Å²) >= 11 is 12.3. The van der Waals surface area contributed by atoms with E-state index in [1.54, 1.807) is 40.1 Å². The molecule has 8 aromatic heterocycles. The molecule has 0 amide bonds. The maximum Gasteiger partial charge on any atom is 0.536 e. The van der Waals surface area contributed by atoms with Gasteiger partial charge in [-0.15, -0.1) is 90.7 Å². The van der Waals surface area contributed by atoms with E-state index < -0.39 is 22.6 Å². The van der Waals surface area contributed by atoms with E-state index in [2.05, 4.69) is 191 Å². The van der Waals surface area contributed by atoms with Crippen LogP contribution in [-0.2, 0) is 47.7 Å². The van der Waals surface area contributed by atoms with Gasteiger partial charge in [0, 0.05) is 54.0 Å². The highest BCUT2D eigenvalue weighted by atomic mass is 32.1. The van der Waals surface area contributed by atoms with Crippen LogP contribution in [-0.4, -0.2) is 12.6 Å². The van der Waals surface area contributed by atoms with Gasteiger partial charge in [0.05, 0.1) is 41.1 Å². The monoisotopic (exact) mass is 1800 g/mol. The number of carbonyl (C=O) groups excluding carboxylic acids is 1. The molecule has 0 radical (unpaired) electrons. The molecule has 8 heterocycles. The predicted octanol–water partition coefficient (Wildman–Crippen LogP) is 31.5. The standard InChI is InChI=1S/C109H112F2N4O2S8/c1-9-15-21-27-29-35-41-89-97(110)95-91(64-81-59-61-90(119-81)106(114-7)115-8)121-101(103(95)120-89)93-67-86-99(123-93)82-65-85-83(66-84(82)108(86,76-50-42-71(43-51-76)37-31-23-17-11-3)77-52-44-72(45-53-77)38-32-24-18-12-4)100-87(109(85,78-54-46-73(47-55-78)39-33-25-19-13-5)79-56-48-74(49-57-79)40-34-26-20-14-6)68-94(124-100)102-104-96(92(122-102)63-80-58-60-88(118-80)75(69-112)70-113)98(111)105(125-104)107(116)117-62-36-30-28-22-16-10-2/h42-61,63-68H,9-41,62H2,1-6H3/b80-63+,81-64+. The molecule has 0 N–H and O–H groups in total. The minimum Gasteiger partial charge on any atom is -0.461 e. The van der Waals surface area contributed by atoms with E-state index in [-0.39, 0.29) is 28.7 Å². The molecule has 2 aliphatic rings. The second-order valence-electron chi connectivity index (χ2n) is 34.0. The lowest BCUT2D eigenvalue weighted by Crippen LogP contribution is -2.30. The fourth-order valence-corrected chi connectivity index (χ4v) is 28.7. The van der Waals surface area contributed by atoms with E-state index in [9.17, 15) is 15.3 Å². The summed E-state index contributed by atoms with van der Waals surface area (Å²) in [7, 11) is 0. The fourth-order valence-electron chi connectivity index (χ4n) is 18.8. The molecular formula is C109H112F2N4O2S8. The first-order valence-electron chi connectivity index (χ1n) is 46.0. The van der Waals surface area contributed by atoms with E-state index in [1.165, 1.54) is 184 Å². The van der Waals surface area contributed by atoms with E-state index >= 15 is 8.78 Å². The number of esters is 1. The zero-order chi connectivity index (χ0) is 87.0. The lowest BCUT2D eigenvalue weighted by Gasteiger charge is -2.35. The Kier molecular flexibility index (Phi) is 31.0. The van der Waals surface area contributed by atoms with Crippen molar-refractivity contribution in [1.29, 1.82) is 10.5 Å². The number of halogens is 2. The van der Waals surface area contributed by atoms with E-state index in [0.717, 1.165) is 191 Å². The summed E-state index contributed by atoms with van der Waals surface area (Å²) in [5.74, 6) is -1.38. The molecule has 0 saturated carbocycles. The summed E-state index contributed by atoms with van der Waals surface area (Å²) in [6.45, 7) is 29.4. The summed E-state index contributed by atoms with van der Waals surface area (Å²) in [5.41, 5.74) is 15.1. The first kappa shape index (κ1) is 90.8. The molecule has 6 nitrogen and oxygen atoms in total. The maximum absolute atomic E-state index is 18.1. The Morgan fingerprint density at radius 1 is 0.392 bits per heavy atom. The van der Waals surface area contributed by atoms with Crippen LogP contribution in [0.4, 0.5) is 8.78 Å². The molecule has 0 saturated heterocycles. The van der Waals surface area contributed by atoms with Gasteiger partial charge in [0.15, 0.2) is 5.82 Å². The number of nitrogens with zero attached hydrogens (tertiary/aromatic N) is 4. The van der Waals surface area contributed by atoms with Crippen molar-refractivity contribution in [2.75, 3.05) is 6.61 Å². The Labute approximate surface area is 770 Å². The SMILES string of the molecule is [C-]#[N+]C([N+]#[C-])=c1cc/c(=C\c2sc(-c3cc4c(s3)-c3cc5c(cc3C4(c3ccc(CCCCCC)cc3)c3ccc(CCCCCC)cc3)-c3sc(-c4sc(/C=c6\ccc(=C(C#N)C#N)s6)c6c(F)c(C(=O)OCCCCCCCC)sc46)cc3C5(c3ccc(CCCCCC)cc3)c3ccc(CCCCCC)cc3)c3sc(CCCCCCCC)c(F)c23)s1. The number of hydrogen-bond donors (Lipinski definition) is 0. The molecule has 0 unspecified atom stereocenters. The fraction of sp³-hybridized carbons (Fsp3) is 0.385. The third kappa shape index (κ3) is 19.0. The summed E-state index contributed by atoms with van der Waals surface area (Å²) in [6.07, 6.45) is 39.9. The summed E-state index contributed by atoms with van der Waals surface area (Å²) in [5, 5.41) is 21.1. The van der Waals surface area contributed by atoms with Crippen LogP contribution in [0.5, 0.6) is 0 Å². The number of aryl methyl sites for hydroxylation is 5.